The van der Waals surface area contributed by atoms with Crippen LogP contribution in [0.15, 0.2) is 48.5 Å². The van der Waals surface area contributed by atoms with E-state index in [1.54, 1.807) is 6.92 Å². The number of carbonyl (C=O) groups excluding carboxylic acids is 2. The monoisotopic (exact) mass is 462 g/mol. The lowest BCUT2D eigenvalue weighted by atomic mass is 9.98. The van der Waals surface area contributed by atoms with Crippen LogP contribution in [-0.4, -0.2) is 41.8 Å². The molecular formula is C27H30N2O5. The maximum absolute atomic E-state index is 12.8. The van der Waals surface area contributed by atoms with E-state index in [0.717, 1.165) is 28.7 Å². The summed E-state index contributed by atoms with van der Waals surface area (Å²) in [5, 5.41) is 14.4. The van der Waals surface area contributed by atoms with Crippen LogP contribution in [0, 0.1) is 11.8 Å². The molecule has 0 aliphatic heterocycles. The number of aliphatic carboxylic acids is 1. The SMILES string of the molecule is CC#CCC(NC(=O)OCC1c2ccccc2-c2ccccc21)C(=O)N[C@@H](CCC)CC(=O)O. The highest BCUT2D eigenvalue weighted by molar-refractivity contribution is 5.86. The van der Waals surface area contributed by atoms with Crippen molar-refractivity contribution in [1.29, 1.82) is 0 Å². The van der Waals surface area contributed by atoms with Gasteiger partial charge in [0.25, 0.3) is 0 Å². The zero-order valence-corrected chi connectivity index (χ0v) is 19.5. The molecule has 34 heavy (non-hydrogen) atoms. The lowest BCUT2D eigenvalue weighted by Crippen LogP contribution is -2.50. The van der Waals surface area contributed by atoms with E-state index < -0.39 is 30.1 Å². The van der Waals surface area contributed by atoms with Crippen LogP contribution in [0.4, 0.5) is 4.79 Å². The van der Waals surface area contributed by atoms with Crippen LogP contribution >= 0.6 is 0 Å². The van der Waals surface area contributed by atoms with Crippen LogP contribution in [0.2, 0.25) is 0 Å². The molecule has 2 atom stereocenters. The average Bonchev–Trinajstić information content (AvgIpc) is 3.14. The number of fused-ring (bicyclic) bond motifs is 3. The largest absolute Gasteiger partial charge is 0.481 e. The molecule has 2 aromatic carbocycles. The van der Waals surface area contributed by atoms with Crippen molar-refractivity contribution >= 4 is 18.0 Å². The summed E-state index contributed by atoms with van der Waals surface area (Å²) in [5.74, 6) is 3.97. The Labute approximate surface area is 199 Å². The third kappa shape index (κ3) is 6.16. The van der Waals surface area contributed by atoms with Gasteiger partial charge >= 0.3 is 12.1 Å². The predicted molar refractivity (Wildman–Crippen MR) is 129 cm³/mol. The van der Waals surface area contributed by atoms with Gasteiger partial charge in [-0.05, 0) is 35.6 Å². The van der Waals surface area contributed by atoms with E-state index in [0.29, 0.717) is 6.42 Å². The minimum Gasteiger partial charge on any atom is -0.481 e. The molecular weight excluding hydrogens is 432 g/mol. The average molecular weight is 463 g/mol. The van der Waals surface area contributed by atoms with E-state index in [9.17, 15) is 14.4 Å². The number of hydrogen-bond acceptors (Lipinski definition) is 4. The van der Waals surface area contributed by atoms with Gasteiger partial charge in [0.15, 0.2) is 0 Å². The molecule has 1 aliphatic rings. The van der Waals surface area contributed by atoms with Crippen molar-refractivity contribution in [2.45, 2.75) is 57.5 Å². The van der Waals surface area contributed by atoms with Gasteiger partial charge in [-0.25, -0.2) is 4.79 Å². The Morgan fingerprint density at radius 2 is 1.65 bits per heavy atom. The van der Waals surface area contributed by atoms with Crippen molar-refractivity contribution in [3.8, 4) is 23.0 Å². The molecule has 7 heteroatoms. The van der Waals surface area contributed by atoms with E-state index in [1.165, 1.54) is 0 Å². The van der Waals surface area contributed by atoms with E-state index in [4.69, 9.17) is 9.84 Å². The zero-order chi connectivity index (χ0) is 24.5. The third-order valence-corrected chi connectivity index (χ3v) is 5.84. The number of alkyl carbamates (subject to hydrolysis) is 1. The molecule has 2 aromatic rings. The number of carboxylic acids is 1. The first kappa shape index (κ1) is 24.8. The number of carbonyl (C=O) groups is 3. The molecule has 7 nitrogen and oxygen atoms in total. The van der Waals surface area contributed by atoms with Crippen molar-refractivity contribution in [1.82, 2.24) is 10.6 Å². The highest BCUT2D eigenvalue weighted by Crippen LogP contribution is 2.44. The van der Waals surface area contributed by atoms with Crippen LogP contribution < -0.4 is 10.6 Å². The Balaban J connectivity index is 1.65. The second kappa shape index (κ2) is 11.9. The summed E-state index contributed by atoms with van der Waals surface area (Å²) in [4.78, 5) is 36.5. The molecule has 178 valence electrons. The molecule has 0 heterocycles. The number of benzene rings is 2. The quantitative estimate of drug-likeness (QED) is 0.462. The highest BCUT2D eigenvalue weighted by Gasteiger charge is 2.30. The Kier molecular flexibility index (Phi) is 8.69. The number of carboxylic acid groups (broad SMARTS) is 1. The van der Waals surface area contributed by atoms with E-state index in [1.807, 2.05) is 43.3 Å². The van der Waals surface area contributed by atoms with Crippen molar-refractivity contribution < 1.29 is 24.2 Å². The molecule has 1 aliphatic carbocycles. The minimum absolute atomic E-state index is 0.0923. The molecule has 2 amide bonds. The Morgan fingerprint density at radius 1 is 1.03 bits per heavy atom. The number of hydrogen-bond donors (Lipinski definition) is 3. The summed E-state index contributed by atoms with van der Waals surface area (Å²) in [6.45, 7) is 3.69. The van der Waals surface area contributed by atoms with Crippen molar-refractivity contribution in [3.63, 3.8) is 0 Å². The standard InChI is InChI=1S/C27H30N2O5/c1-3-5-15-24(26(32)28-18(10-4-2)16-25(30)31)29-27(33)34-17-23-21-13-8-6-11-19(21)20-12-7-9-14-22(20)23/h6-9,11-14,18,23-24H,4,10,15-17H2,1-2H3,(H,28,32)(H,29,33)(H,30,31)/t18-,24?/m0/s1. The fourth-order valence-electron chi connectivity index (χ4n) is 4.28. The fourth-order valence-corrected chi connectivity index (χ4v) is 4.28. The van der Waals surface area contributed by atoms with Gasteiger partial charge in [0.2, 0.25) is 5.91 Å². The second-order valence-corrected chi connectivity index (χ2v) is 8.25. The lowest BCUT2D eigenvalue weighted by molar-refractivity contribution is -0.137. The van der Waals surface area contributed by atoms with Crippen LogP contribution in [0.1, 0.15) is 56.6 Å². The summed E-state index contributed by atoms with van der Waals surface area (Å²) in [6, 6.07) is 14.6. The van der Waals surface area contributed by atoms with Gasteiger partial charge in [0.05, 0.1) is 6.42 Å². The molecule has 0 saturated carbocycles. The fraction of sp³-hybridized carbons (Fsp3) is 0.370. The Hall–Kier alpha value is -3.79. The molecule has 3 rings (SSSR count). The number of ether oxygens (including phenoxy) is 1. The first-order valence-corrected chi connectivity index (χ1v) is 11.5. The summed E-state index contributed by atoms with van der Waals surface area (Å²) in [6.07, 6.45) is 0.437. The lowest BCUT2D eigenvalue weighted by Gasteiger charge is -2.22. The Bertz CT molecular complexity index is 1060. The van der Waals surface area contributed by atoms with Gasteiger partial charge < -0.3 is 20.5 Å². The molecule has 1 unspecified atom stereocenters. The van der Waals surface area contributed by atoms with Gasteiger partial charge in [0, 0.05) is 18.4 Å². The van der Waals surface area contributed by atoms with E-state index in [2.05, 4.69) is 34.6 Å². The van der Waals surface area contributed by atoms with Crippen molar-refractivity contribution in [2.24, 2.45) is 0 Å². The van der Waals surface area contributed by atoms with E-state index >= 15 is 0 Å². The molecule has 0 radical (unpaired) electrons. The maximum atomic E-state index is 12.8. The topological polar surface area (TPSA) is 105 Å². The summed E-state index contributed by atoms with van der Waals surface area (Å²) >= 11 is 0. The normalized spacial score (nSPS) is 13.5. The first-order valence-electron chi connectivity index (χ1n) is 11.5. The molecule has 3 N–H and O–H groups in total. The van der Waals surface area contributed by atoms with Gasteiger partial charge in [0.1, 0.15) is 12.6 Å². The van der Waals surface area contributed by atoms with Gasteiger partial charge in [-0.3, -0.25) is 9.59 Å². The Morgan fingerprint density at radius 3 is 2.21 bits per heavy atom. The van der Waals surface area contributed by atoms with Crippen molar-refractivity contribution in [2.75, 3.05) is 6.61 Å². The van der Waals surface area contributed by atoms with Gasteiger partial charge in [-0.15, -0.1) is 11.8 Å². The summed E-state index contributed by atoms with van der Waals surface area (Å²) < 4.78 is 5.54. The van der Waals surface area contributed by atoms with Gasteiger partial charge in [-0.1, -0.05) is 61.9 Å². The van der Waals surface area contributed by atoms with Crippen molar-refractivity contribution in [3.05, 3.63) is 59.7 Å². The summed E-state index contributed by atoms with van der Waals surface area (Å²) in [7, 11) is 0. The number of nitrogens with one attached hydrogen (secondary N) is 2. The smallest absolute Gasteiger partial charge is 0.407 e. The second-order valence-electron chi connectivity index (χ2n) is 8.25. The van der Waals surface area contributed by atoms with Crippen LogP contribution in [-0.2, 0) is 14.3 Å². The molecule has 0 bridgehead atoms. The minimum atomic E-state index is -0.992. The maximum Gasteiger partial charge on any atom is 0.407 e. The van der Waals surface area contributed by atoms with Crippen LogP contribution in [0.25, 0.3) is 11.1 Å². The number of amides is 2. The molecule has 0 fully saturated rings. The molecule has 0 spiro atoms. The van der Waals surface area contributed by atoms with Gasteiger partial charge in [-0.2, -0.15) is 0 Å². The third-order valence-electron chi connectivity index (χ3n) is 5.84. The number of rotatable bonds is 10. The van der Waals surface area contributed by atoms with Crippen LogP contribution in [0.3, 0.4) is 0 Å². The summed E-state index contributed by atoms with van der Waals surface area (Å²) in [5.41, 5.74) is 4.45. The zero-order valence-electron chi connectivity index (χ0n) is 19.5. The first-order chi connectivity index (χ1) is 16.4. The van der Waals surface area contributed by atoms with Crippen LogP contribution in [0.5, 0.6) is 0 Å². The highest BCUT2D eigenvalue weighted by atomic mass is 16.5. The van der Waals surface area contributed by atoms with E-state index in [-0.39, 0.29) is 25.4 Å². The predicted octanol–water partition coefficient (Wildman–Crippen LogP) is 4.07. The molecule has 0 aromatic heterocycles. The molecule has 0 saturated heterocycles.